The molecule has 1 heterocycles. The third-order valence-electron chi connectivity index (χ3n) is 9.05. The molecular formula is C38H75ClN2O2. The van der Waals surface area contributed by atoms with Crippen molar-refractivity contribution >= 4 is 0 Å². The quantitative estimate of drug-likeness (QED) is 0.0624. The number of unbranched alkanes of at least 4 members (excludes halogenated alkanes) is 25. The van der Waals surface area contributed by atoms with E-state index < -0.39 is 0 Å². The molecule has 0 saturated carbocycles. The first-order chi connectivity index (χ1) is 20.8. The van der Waals surface area contributed by atoms with Crippen molar-refractivity contribution in [3.63, 3.8) is 0 Å². The van der Waals surface area contributed by atoms with Gasteiger partial charge >= 0.3 is 0 Å². The van der Waals surface area contributed by atoms with Crippen LogP contribution in [0, 0.1) is 0 Å². The maximum atomic E-state index is 9.51. The Bertz CT molecular complexity index is 666. The normalized spacial score (nSPS) is 11.3. The average molecular weight is 627 g/mol. The van der Waals surface area contributed by atoms with E-state index >= 15 is 0 Å². The molecule has 43 heavy (non-hydrogen) atoms. The molecule has 0 atom stereocenters. The SMILES string of the molecule is CCCCCCCCCCCCCCCCOCCn1cc[n+](CCO)c1CCCCCCCCCCCCCCC.[Cl-]. The van der Waals surface area contributed by atoms with E-state index in [9.17, 15) is 5.11 Å². The van der Waals surface area contributed by atoms with E-state index in [4.69, 9.17) is 4.74 Å². The summed E-state index contributed by atoms with van der Waals surface area (Å²) in [7, 11) is 0. The number of nitrogens with zero attached hydrogens (tertiary/aromatic N) is 2. The Kier molecular flexibility index (Phi) is 33.8. The predicted octanol–water partition coefficient (Wildman–Crippen LogP) is 7.90. The third kappa shape index (κ3) is 26.4. The second kappa shape index (κ2) is 34.3. The minimum absolute atomic E-state index is 0. The van der Waals surface area contributed by atoms with Crippen molar-refractivity contribution in [2.75, 3.05) is 19.8 Å². The number of imidazole rings is 1. The van der Waals surface area contributed by atoms with E-state index in [1.54, 1.807) is 0 Å². The molecule has 0 aliphatic carbocycles. The molecule has 1 aromatic rings. The lowest BCUT2D eigenvalue weighted by Crippen LogP contribution is -3.00. The number of ether oxygens (including phenoxy) is 1. The molecule has 0 fully saturated rings. The molecule has 5 heteroatoms. The van der Waals surface area contributed by atoms with Crippen molar-refractivity contribution in [3.8, 4) is 0 Å². The lowest BCUT2D eigenvalue weighted by atomic mass is 10.0. The van der Waals surface area contributed by atoms with Gasteiger partial charge in [-0.2, -0.15) is 0 Å². The van der Waals surface area contributed by atoms with Crippen LogP contribution in [-0.2, 0) is 24.2 Å². The molecule has 1 aromatic heterocycles. The van der Waals surface area contributed by atoms with Gasteiger partial charge in [-0.15, -0.1) is 0 Å². The minimum atomic E-state index is 0. The molecule has 0 unspecified atom stereocenters. The van der Waals surface area contributed by atoms with E-state index in [1.165, 1.54) is 179 Å². The fraction of sp³-hybridized carbons (Fsp3) is 0.921. The molecule has 0 saturated heterocycles. The summed E-state index contributed by atoms with van der Waals surface area (Å²) in [6.07, 6.45) is 43.1. The van der Waals surface area contributed by atoms with Gasteiger partial charge in [-0.1, -0.05) is 174 Å². The fourth-order valence-electron chi connectivity index (χ4n) is 6.26. The van der Waals surface area contributed by atoms with Crippen LogP contribution in [0.25, 0.3) is 0 Å². The van der Waals surface area contributed by atoms with Crippen molar-refractivity contribution in [2.24, 2.45) is 0 Å². The number of hydrogen-bond donors (Lipinski definition) is 1. The Labute approximate surface area is 275 Å². The Balaban J connectivity index is 0.0000176. The molecular weight excluding hydrogens is 552 g/mol. The highest BCUT2D eigenvalue weighted by atomic mass is 35.5. The van der Waals surface area contributed by atoms with Gasteiger partial charge in [0.15, 0.2) is 0 Å². The molecule has 1 rings (SSSR count). The van der Waals surface area contributed by atoms with E-state index in [2.05, 4.69) is 35.4 Å². The van der Waals surface area contributed by atoms with Crippen LogP contribution < -0.4 is 17.0 Å². The first kappa shape index (κ1) is 42.4. The summed E-state index contributed by atoms with van der Waals surface area (Å²) in [4.78, 5) is 0. The van der Waals surface area contributed by atoms with Crippen LogP contribution in [0.5, 0.6) is 0 Å². The van der Waals surface area contributed by atoms with Crippen LogP contribution in [0.3, 0.4) is 0 Å². The molecule has 1 N–H and O–H groups in total. The Morgan fingerprint density at radius 1 is 0.558 bits per heavy atom. The number of rotatable bonds is 34. The molecule has 256 valence electrons. The lowest BCUT2D eigenvalue weighted by Gasteiger charge is -2.07. The first-order valence-corrected chi connectivity index (χ1v) is 19.1. The van der Waals surface area contributed by atoms with Crippen LogP contribution in [0.2, 0.25) is 0 Å². The number of hydrogen-bond acceptors (Lipinski definition) is 2. The summed E-state index contributed by atoms with van der Waals surface area (Å²) < 4.78 is 10.6. The van der Waals surface area contributed by atoms with Crippen molar-refractivity contribution in [3.05, 3.63) is 18.2 Å². The topological polar surface area (TPSA) is 38.3 Å². The van der Waals surface area contributed by atoms with Crippen LogP contribution in [-0.4, -0.2) is 29.5 Å². The Morgan fingerprint density at radius 2 is 0.953 bits per heavy atom. The summed E-state index contributed by atoms with van der Waals surface area (Å²) in [6.45, 7) is 8.09. The lowest BCUT2D eigenvalue weighted by molar-refractivity contribution is -0.705. The molecule has 0 bridgehead atoms. The summed E-state index contributed by atoms with van der Waals surface area (Å²) in [6, 6.07) is 0. The standard InChI is InChI=1S/C38H75N2O2.ClH/c1-3-5-7-9-11-13-15-17-19-21-23-25-27-29-36-42-37-34-40-32-31-39(33-35-41)38(40)30-28-26-24-22-20-18-16-14-12-10-8-6-4-2;/h31-32,41H,3-30,33-37H2,1-2H3;1H/q+1;/p-1. The van der Waals surface area contributed by atoms with Gasteiger partial charge in [0.2, 0.25) is 0 Å². The van der Waals surface area contributed by atoms with Crippen LogP contribution in [0.1, 0.15) is 193 Å². The molecule has 0 aliphatic heterocycles. The second-order valence-electron chi connectivity index (χ2n) is 13.0. The monoisotopic (exact) mass is 627 g/mol. The van der Waals surface area contributed by atoms with E-state index in [1.807, 2.05) is 0 Å². The molecule has 0 aliphatic rings. The van der Waals surface area contributed by atoms with Crippen molar-refractivity contribution in [1.82, 2.24) is 4.57 Å². The number of aromatic nitrogens is 2. The van der Waals surface area contributed by atoms with Crippen LogP contribution in [0.4, 0.5) is 0 Å². The summed E-state index contributed by atoms with van der Waals surface area (Å²) in [5.74, 6) is 1.35. The zero-order valence-corrected chi connectivity index (χ0v) is 29.9. The van der Waals surface area contributed by atoms with Crippen molar-refractivity contribution < 1.29 is 26.8 Å². The largest absolute Gasteiger partial charge is 1.00 e. The Hall–Kier alpha value is -0.580. The molecule has 0 amide bonds. The Morgan fingerprint density at radius 3 is 1.37 bits per heavy atom. The summed E-state index contributed by atoms with van der Waals surface area (Å²) >= 11 is 0. The van der Waals surface area contributed by atoms with Gasteiger partial charge in [0.05, 0.1) is 13.2 Å². The zero-order valence-electron chi connectivity index (χ0n) is 29.1. The highest BCUT2D eigenvalue weighted by Crippen LogP contribution is 2.15. The smallest absolute Gasteiger partial charge is 0.256 e. The van der Waals surface area contributed by atoms with Crippen molar-refractivity contribution in [2.45, 2.75) is 207 Å². The number of aliphatic hydroxyl groups excluding tert-OH is 1. The maximum Gasteiger partial charge on any atom is 0.256 e. The van der Waals surface area contributed by atoms with E-state index in [0.717, 1.165) is 26.2 Å². The predicted molar refractivity (Wildman–Crippen MR) is 182 cm³/mol. The van der Waals surface area contributed by atoms with Gasteiger partial charge in [0.25, 0.3) is 5.82 Å². The average Bonchev–Trinajstić information content (AvgIpc) is 3.38. The third-order valence-corrected chi connectivity index (χ3v) is 9.05. The van der Waals surface area contributed by atoms with E-state index in [-0.39, 0.29) is 19.0 Å². The van der Waals surface area contributed by atoms with Gasteiger partial charge in [-0.3, -0.25) is 0 Å². The van der Waals surface area contributed by atoms with Gasteiger partial charge in [-0.25, -0.2) is 9.13 Å². The molecule has 0 aromatic carbocycles. The number of aliphatic hydroxyl groups is 1. The molecule has 4 nitrogen and oxygen atoms in total. The first-order valence-electron chi connectivity index (χ1n) is 19.1. The van der Waals surface area contributed by atoms with Gasteiger partial charge in [0.1, 0.15) is 25.5 Å². The minimum Gasteiger partial charge on any atom is -1.00 e. The fourth-order valence-corrected chi connectivity index (χ4v) is 6.26. The van der Waals surface area contributed by atoms with E-state index in [0.29, 0.717) is 6.54 Å². The van der Waals surface area contributed by atoms with Crippen LogP contribution >= 0.6 is 0 Å². The second-order valence-corrected chi connectivity index (χ2v) is 13.0. The van der Waals surface area contributed by atoms with Crippen LogP contribution in [0.15, 0.2) is 12.4 Å². The van der Waals surface area contributed by atoms with Gasteiger partial charge < -0.3 is 22.3 Å². The summed E-state index contributed by atoms with van der Waals surface area (Å²) in [5.41, 5.74) is 0. The summed E-state index contributed by atoms with van der Waals surface area (Å²) in [5, 5.41) is 9.51. The molecule has 0 radical (unpaired) electrons. The highest BCUT2D eigenvalue weighted by Gasteiger charge is 2.16. The van der Waals surface area contributed by atoms with Crippen molar-refractivity contribution in [1.29, 1.82) is 0 Å². The van der Waals surface area contributed by atoms with Gasteiger partial charge in [-0.05, 0) is 12.8 Å². The zero-order chi connectivity index (χ0) is 30.2. The maximum absolute atomic E-state index is 9.51. The highest BCUT2D eigenvalue weighted by molar-refractivity contribution is 4.84. The van der Waals surface area contributed by atoms with Gasteiger partial charge in [0, 0.05) is 13.0 Å². The molecule has 0 spiro atoms. The number of halogens is 1.